The fraction of sp³-hybridized carbons (Fsp3) is 0.364. The molecule has 0 saturated heterocycles. The van der Waals surface area contributed by atoms with Crippen molar-refractivity contribution in [2.24, 2.45) is 0 Å². The molecule has 0 aliphatic carbocycles. The third kappa shape index (κ3) is 6.36. The van der Waals surface area contributed by atoms with E-state index >= 15 is 0 Å². The second-order valence-corrected chi connectivity index (χ2v) is 7.10. The number of fused-ring (bicyclic) bond motifs is 1. The summed E-state index contributed by atoms with van der Waals surface area (Å²) in [4.78, 5) is 26.1. The van der Waals surface area contributed by atoms with Crippen molar-refractivity contribution in [3.05, 3.63) is 65.2 Å². The van der Waals surface area contributed by atoms with E-state index in [-0.39, 0.29) is 24.2 Å². The number of ketones is 1. The van der Waals surface area contributed by atoms with Gasteiger partial charge in [0.15, 0.2) is 5.78 Å². The van der Waals surface area contributed by atoms with Crippen LogP contribution in [0.15, 0.2) is 48.5 Å². The molecule has 0 radical (unpaired) electrons. The molecule has 0 fully saturated rings. The fourth-order valence-electron chi connectivity index (χ4n) is 3.27. The van der Waals surface area contributed by atoms with Gasteiger partial charge in [-0.05, 0) is 62.2 Å². The number of nitrogens with zero attached hydrogens (tertiary/aromatic N) is 1. The van der Waals surface area contributed by atoms with Gasteiger partial charge in [-0.25, -0.2) is 4.79 Å². The van der Waals surface area contributed by atoms with Crippen LogP contribution in [0.1, 0.15) is 40.7 Å². The van der Waals surface area contributed by atoms with Gasteiger partial charge in [0.05, 0.1) is 0 Å². The number of likely N-dealkylation sites (N-methyl/N-ethyl adjacent to an activating group) is 1. The Morgan fingerprint density at radius 2 is 1.86 bits per heavy atom. The summed E-state index contributed by atoms with van der Waals surface area (Å²) in [5.41, 5.74) is 3.83. The molecule has 2 aromatic rings. The molecule has 3 rings (SSSR count). The highest BCUT2D eigenvalue weighted by atomic mass is 35.5. The Bertz CT molecular complexity index is 796. The lowest BCUT2D eigenvalue weighted by atomic mass is 10.0. The van der Waals surface area contributed by atoms with E-state index in [1.54, 1.807) is 6.07 Å². The molecule has 0 saturated carbocycles. The van der Waals surface area contributed by atoms with Gasteiger partial charge in [-0.3, -0.25) is 4.79 Å². The third-order valence-corrected chi connectivity index (χ3v) is 4.93. The van der Waals surface area contributed by atoms with Crippen LogP contribution < -0.4 is 10.6 Å². The van der Waals surface area contributed by atoms with Crippen LogP contribution >= 0.6 is 12.4 Å². The van der Waals surface area contributed by atoms with Crippen LogP contribution in [0.4, 0.5) is 10.5 Å². The van der Waals surface area contributed by atoms with Gasteiger partial charge in [0.25, 0.3) is 0 Å². The molecule has 28 heavy (non-hydrogen) atoms. The Balaban J connectivity index is 0.00000280. The predicted molar refractivity (Wildman–Crippen MR) is 115 cm³/mol. The number of amides is 2. The molecule has 0 spiro atoms. The number of carbonyl (C=O) groups excluding carboxylic acids is 2. The van der Waals surface area contributed by atoms with Crippen LogP contribution in [0.5, 0.6) is 0 Å². The van der Waals surface area contributed by atoms with Gasteiger partial charge in [-0.1, -0.05) is 30.3 Å². The van der Waals surface area contributed by atoms with E-state index in [0.717, 1.165) is 49.2 Å². The Morgan fingerprint density at radius 1 is 1.07 bits per heavy atom. The normalized spacial score (nSPS) is 12.6. The van der Waals surface area contributed by atoms with Crippen molar-refractivity contribution in [3.63, 3.8) is 0 Å². The van der Waals surface area contributed by atoms with Crippen molar-refractivity contribution >= 4 is 29.9 Å². The van der Waals surface area contributed by atoms with Crippen molar-refractivity contribution in [2.75, 3.05) is 25.5 Å². The van der Waals surface area contributed by atoms with Crippen LogP contribution in [0.25, 0.3) is 0 Å². The first-order valence-electron chi connectivity index (χ1n) is 9.55. The number of Topliss-reactive ketones (excluding diaryl/α,β-unsaturated/α-hetero) is 1. The molecule has 2 N–H and O–H groups in total. The second-order valence-electron chi connectivity index (χ2n) is 7.10. The number of anilines is 1. The molecule has 0 atom stereocenters. The van der Waals surface area contributed by atoms with Crippen LogP contribution in [0.3, 0.4) is 0 Å². The molecular formula is C22H28ClN3O2. The first-order chi connectivity index (χ1) is 13.1. The number of urea groups is 1. The summed E-state index contributed by atoms with van der Waals surface area (Å²) in [5, 5.41) is 5.47. The van der Waals surface area contributed by atoms with Gasteiger partial charge in [0.2, 0.25) is 0 Å². The standard InChI is InChI=1S/C22H27N3O2.ClH/c1-25(14-12-17-7-3-2-4-8-17)13-6-5-9-21(26)18-10-11-20-19(15-18)16-23-22(27)24-20;/h2-4,7-8,10-11,15H,5-6,9,12-14,16H2,1H3,(H2,23,24,27);1H. The van der Waals surface area contributed by atoms with E-state index in [9.17, 15) is 9.59 Å². The van der Waals surface area contributed by atoms with Crippen molar-refractivity contribution < 1.29 is 9.59 Å². The first kappa shape index (κ1) is 21.9. The summed E-state index contributed by atoms with van der Waals surface area (Å²) in [6, 6.07) is 15.8. The van der Waals surface area contributed by atoms with Gasteiger partial charge in [-0.2, -0.15) is 0 Å². The summed E-state index contributed by atoms with van der Waals surface area (Å²) in [7, 11) is 2.13. The molecule has 2 amide bonds. The van der Waals surface area contributed by atoms with E-state index < -0.39 is 0 Å². The highest BCUT2D eigenvalue weighted by Gasteiger charge is 2.15. The van der Waals surface area contributed by atoms with Crippen molar-refractivity contribution in [1.29, 1.82) is 0 Å². The zero-order chi connectivity index (χ0) is 19.1. The molecule has 0 unspecified atom stereocenters. The number of nitrogens with one attached hydrogen (secondary N) is 2. The maximum atomic E-state index is 12.4. The van der Waals surface area contributed by atoms with Crippen molar-refractivity contribution in [1.82, 2.24) is 10.2 Å². The summed E-state index contributed by atoms with van der Waals surface area (Å²) >= 11 is 0. The van der Waals surface area contributed by atoms with E-state index in [0.29, 0.717) is 13.0 Å². The maximum absolute atomic E-state index is 12.4. The second kappa shape index (κ2) is 10.8. The molecule has 6 heteroatoms. The number of hydrogen-bond donors (Lipinski definition) is 2. The van der Waals surface area contributed by atoms with E-state index in [4.69, 9.17) is 0 Å². The topological polar surface area (TPSA) is 61.4 Å². The quantitative estimate of drug-likeness (QED) is 0.487. The van der Waals surface area contributed by atoms with Crippen molar-refractivity contribution in [2.45, 2.75) is 32.2 Å². The lowest BCUT2D eigenvalue weighted by Gasteiger charge is -2.19. The smallest absolute Gasteiger partial charge is 0.319 e. The number of carbonyl (C=O) groups is 2. The third-order valence-electron chi connectivity index (χ3n) is 4.93. The number of hydrogen-bond acceptors (Lipinski definition) is 3. The van der Waals surface area contributed by atoms with Crippen molar-refractivity contribution in [3.8, 4) is 0 Å². The SMILES string of the molecule is CN(CCCCC(=O)c1ccc2c(c1)CNC(=O)N2)CCc1ccccc1.Cl. The molecule has 2 aromatic carbocycles. The first-order valence-corrected chi connectivity index (χ1v) is 9.55. The fourth-order valence-corrected chi connectivity index (χ4v) is 3.27. The minimum absolute atomic E-state index is 0. The van der Waals surface area contributed by atoms with E-state index in [1.165, 1.54) is 5.56 Å². The molecule has 150 valence electrons. The summed E-state index contributed by atoms with van der Waals surface area (Å²) in [5.74, 6) is 0.168. The van der Waals surface area contributed by atoms with Crippen LogP contribution in [-0.2, 0) is 13.0 Å². The van der Waals surface area contributed by atoms with Gasteiger partial charge >= 0.3 is 6.03 Å². The van der Waals surface area contributed by atoms with Crippen LogP contribution in [0.2, 0.25) is 0 Å². The number of benzene rings is 2. The van der Waals surface area contributed by atoms with Gasteiger partial charge < -0.3 is 15.5 Å². The minimum atomic E-state index is -0.196. The minimum Gasteiger partial charge on any atom is -0.334 e. The summed E-state index contributed by atoms with van der Waals surface area (Å²) in [6.45, 7) is 2.50. The molecule has 1 aliphatic heterocycles. The average molecular weight is 402 g/mol. The maximum Gasteiger partial charge on any atom is 0.319 e. The molecule has 5 nitrogen and oxygen atoms in total. The van der Waals surface area contributed by atoms with Gasteiger partial charge in [0.1, 0.15) is 0 Å². The lowest BCUT2D eigenvalue weighted by Crippen LogP contribution is -2.33. The largest absolute Gasteiger partial charge is 0.334 e. The predicted octanol–water partition coefficient (Wildman–Crippen LogP) is 4.27. The summed E-state index contributed by atoms with van der Waals surface area (Å²) < 4.78 is 0. The molecule has 1 heterocycles. The van der Waals surface area contributed by atoms with Crippen LogP contribution in [0, 0.1) is 0 Å². The molecule has 0 aromatic heterocycles. The Morgan fingerprint density at radius 3 is 2.64 bits per heavy atom. The average Bonchev–Trinajstić information content (AvgIpc) is 2.70. The van der Waals surface area contributed by atoms with E-state index in [2.05, 4.69) is 46.8 Å². The van der Waals surface area contributed by atoms with Gasteiger partial charge in [0, 0.05) is 30.8 Å². The zero-order valence-corrected chi connectivity index (χ0v) is 17.1. The Labute approximate surface area is 172 Å². The Kier molecular flexibility index (Phi) is 8.48. The lowest BCUT2D eigenvalue weighted by molar-refractivity contribution is 0.0978. The highest BCUT2D eigenvalue weighted by molar-refractivity contribution is 5.98. The molecule has 1 aliphatic rings. The molecular weight excluding hydrogens is 374 g/mol. The summed E-state index contributed by atoms with van der Waals surface area (Å²) in [6.07, 6.45) is 3.52. The zero-order valence-electron chi connectivity index (χ0n) is 16.2. The van der Waals surface area contributed by atoms with E-state index in [1.807, 2.05) is 18.2 Å². The molecule has 0 bridgehead atoms. The van der Waals surface area contributed by atoms with Crippen LogP contribution in [-0.4, -0.2) is 36.9 Å². The highest BCUT2D eigenvalue weighted by Crippen LogP contribution is 2.21. The number of rotatable bonds is 9. The number of unbranched alkanes of at least 4 members (excludes halogenated alkanes) is 1. The number of halogens is 1. The Hall–Kier alpha value is -2.37. The monoisotopic (exact) mass is 401 g/mol. The van der Waals surface area contributed by atoms with Gasteiger partial charge in [-0.15, -0.1) is 12.4 Å².